The zero-order valence-electron chi connectivity index (χ0n) is 7.34. The first-order valence-corrected chi connectivity index (χ1v) is 4.21. The summed E-state index contributed by atoms with van der Waals surface area (Å²) in [5.74, 6) is -1.37. The lowest BCUT2D eigenvalue weighted by atomic mass is 10.2. The Bertz CT molecular complexity index is 442. The van der Waals surface area contributed by atoms with E-state index in [-0.39, 0.29) is 10.7 Å². The Kier molecular flexibility index (Phi) is 3.41. The molecule has 1 rings (SSSR count). The van der Waals surface area contributed by atoms with Gasteiger partial charge in [-0.3, -0.25) is 10.1 Å². The number of hydrogen-bond donors (Lipinski definition) is 0. The highest BCUT2D eigenvalue weighted by Crippen LogP contribution is 2.25. The van der Waals surface area contributed by atoms with Gasteiger partial charge in [0.15, 0.2) is 0 Å². The summed E-state index contributed by atoms with van der Waals surface area (Å²) in [6.07, 6.45) is 1.98. The van der Waals surface area contributed by atoms with Crippen LogP contribution in [-0.4, -0.2) is 10.9 Å². The highest BCUT2D eigenvalue weighted by Gasteiger charge is 2.11. The lowest BCUT2D eigenvalue weighted by Crippen LogP contribution is -2.18. The third-order valence-electron chi connectivity index (χ3n) is 1.58. The summed E-state index contributed by atoms with van der Waals surface area (Å²) in [6.45, 7) is 0. The van der Waals surface area contributed by atoms with E-state index in [1.165, 1.54) is 24.3 Å². The summed E-state index contributed by atoms with van der Waals surface area (Å²) < 4.78 is 0. The maximum absolute atomic E-state index is 10.5. The molecule has 0 aromatic heterocycles. The minimum Gasteiger partial charge on any atom is -0.545 e. The zero-order chi connectivity index (χ0) is 11.4. The number of carboxylic acid groups (broad SMARTS) is 1. The van der Waals surface area contributed by atoms with E-state index in [1.54, 1.807) is 0 Å². The maximum atomic E-state index is 10.5. The lowest BCUT2D eigenvalue weighted by Gasteiger charge is -1.97. The van der Waals surface area contributed by atoms with Crippen LogP contribution in [0.5, 0.6) is 0 Å². The van der Waals surface area contributed by atoms with Crippen LogP contribution in [0.25, 0.3) is 6.08 Å². The molecule has 0 N–H and O–H groups in total. The van der Waals surface area contributed by atoms with Gasteiger partial charge in [0.2, 0.25) is 0 Å². The molecule has 0 bridgehead atoms. The average Bonchev–Trinajstić information content (AvgIpc) is 2.16. The van der Waals surface area contributed by atoms with Crippen LogP contribution >= 0.6 is 11.6 Å². The van der Waals surface area contributed by atoms with Crippen molar-refractivity contribution in [2.75, 3.05) is 0 Å². The summed E-state index contributed by atoms with van der Waals surface area (Å²) in [7, 11) is 0. The molecule has 15 heavy (non-hydrogen) atoms. The second-order valence-corrected chi connectivity index (χ2v) is 3.03. The van der Waals surface area contributed by atoms with Crippen LogP contribution in [0.2, 0.25) is 5.02 Å². The third kappa shape index (κ3) is 3.07. The van der Waals surface area contributed by atoms with E-state index >= 15 is 0 Å². The number of aliphatic carboxylic acids is 1. The fourth-order valence-corrected chi connectivity index (χ4v) is 1.12. The molecular formula is C9H5ClNO4-. The van der Waals surface area contributed by atoms with E-state index < -0.39 is 10.9 Å². The number of rotatable bonds is 3. The second-order valence-electron chi connectivity index (χ2n) is 2.62. The zero-order valence-corrected chi connectivity index (χ0v) is 8.10. The monoisotopic (exact) mass is 226 g/mol. The van der Waals surface area contributed by atoms with Gasteiger partial charge >= 0.3 is 0 Å². The molecule has 78 valence electrons. The van der Waals surface area contributed by atoms with Gasteiger partial charge in [-0.2, -0.15) is 0 Å². The Labute approximate surface area is 89.7 Å². The number of carbonyl (C=O) groups is 1. The molecule has 0 aliphatic heterocycles. The number of carboxylic acids is 1. The predicted molar refractivity (Wildman–Crippen MR) is 52.1 cm³/mol. The molecule has 0 radical (unpaired) electrons. The van der Waals surface area contributed by atoms with Gasteiger partial charge in [0.25, 0.3) is 5.69 Å². The molecule has 0 aliphatic carbocycles. The number of carbonyl (C=O) groups excluding carboxylic acids is 1. The minimum atomic E-state index is -1.37. The summed E-state index contributed by atoms with van der Waals surface area (Å²) in [6, 6.07) is 3.98. The minimum absolute atomic E-state index is 0.00519. The number of benzene rings is 1. The Morgan fingerprint density at radius 1 is 1.47 bits per heavy atom. The van der Waals surface area contributed by atoms with Crippen LogP contribution < -0.4 is 5.11 Å². The van der Waals surface area contributed by atoms with Crippen molar-refractivity contribution in [2.24, 2.45) is 0 Å². The molecule has 0 saturated carbocycles. The largest absolute Gasteiger partial charge is 0.545 e. The fourth-order valence-electron chi connectivity index (χ4n) is 0.938. The smallest absolute Gasteiger partial charge is 0.288 e. The number of halogens is 1. The number of nitro benzene ring substituents is 1. The molecular weight excluding hydrogens is 222 g/mol. The highest BCUT2D eigenvalue weighted by molar-refractivity contribution is 6.32. The Balaban J connectivity index is 3.08. The van der Waals surface area contributed by atoms with Crippen LogP contribution in [0.3, 0.4) is 0 Å². The predicted octanol–water partition coefficient (Wildman–Crippen LogP) is 1.01. The molecule has 0 saturated heterocycles. The van der Waals surface area contributed by atoms with Gasteiger partial charge in [0.1, 0.15) is 5.02 Å². The van der Waals surface area contributed by atoms with Crippen LogP contribution in [0.4, 0.5) is 5.69 Å². The molecule has 0 unspecified atom stereocenters. The fraction of sp³-hybridized carbons (Fsp3) is 0. The first-order chi connectivity index (χ1) is 7.00. The molecule has 0 fully saturated rings. The van der Waals surface area contributed by atoms with E-state index in [0.29, 0.717) is 5.56 Å². The van der Waals surface area contributed by atoms with Crippen LogP contribution in [-0.2, 0) is 4.79 Å². The summed E-state index contributed by atoms with van der Waals surface area (Å²) in [5, 5.41) is 20.6. The van der Waals surface area contributed by atoms with Gasteiger partial charge < -0.3 is 9.90 Å². The van der Waals surface area contributed by atoms with Gasteiger partial charge in [-0.1, -0.05) is 23.7 Å². The van der Waals surface area contributed by atoms with Crippen molar-refractivity contribution < 1.29 is 14.8 Å². The van der Waals surface area contributed by atoms with Gasteiger partial charge in [0, 0.05) is 6.07 Å². The van der Waals surface area contributed by atoms with E-state index in [0.717, 1.165) is 6.08 Å². The SMILES string of the molecule is O=C([O-])/C=C\c1ccc(Cl)c([N+](=O)[O-])c1. The quantitative estimate of drug-likeness (QED) is 0.437. The van der Waals surface area contributed by atoms with Crippen LogP contribution in [0.1, 0.15) is 5.56 Å². The van der Waals surface area contributed by atoms with E-state index in [9.17, 15) is 20.0 Å². The molecule has 1 aromatic rings. The van der Waals surface area contributed by atoms with Gasteiger partial charge in [-0.25, -0.2) is 0 Å². The summed E-state index contributed by atoms with van der Waals surface area (Å²) in [4.78, 5) is 19.9. The van der Waals surface area contributed by atoms with E-state index in [4.69, 9.17) is 11.6 Å². The van der Waals surface area contributed by atoms with E-state index in [2.05, 4.69) is 0 Å². The van der Waals surface area contributed by atoms with E-state index in [1.807, 2.05) is 0 Å². The average molecular weight is 227 g/mol. The summed E-state index contributed by atoms with van der Waals surface area (Å²) >= 11 is 5.56. The second kappa shape index (κ2) is 4.56. The Hall–Kier alpha value is -1.88. The molecule has 0 heterocycles. The molecule has 6 heteroatoms. The van der Waals surface area contributed by atoms with Crippen LogP contribution in [0, 0.1) is 10.1 Å². The van der Waals surface area contributed by atoms with Crippen molar-refractivity contribution >= 4 is 29.3 Å². The van der Waals surface area contributed by atoms with Crippen molar-refractivity contribution in [1.82, 2.24) is 0 Å². The number of hydrogen-bond acceptors (Lipinski definition) is 4. The topological polar surface area (TPSA) is 83.3 Å². The molecule has 5 nitrogen and oxygen atoms in total. The number of nitrogens with zero attached hydrogens (tertiary/aromatic N) is 1. The normalized spacial score (nSPS) is 10.5. The molecule has 1 aromatic carbocycles. The van der Waals surface area contributed by atoms with Crippen molar-refractivity contribution in [3.05, 3.63) is 45.0 Å². The van der Waals surface area contributed by atoms with Crippen LogP contribution in [0.15, 0.2) is 24.3 Å². The molecule has 0 atom stereocenters. The Morgan fingerprint density at radius 2 is 2.13 bits per heavy atom. The Morgan fingerprint density at radius 3 is 2.67 bits per heavy atom. The first-order valence-electron chi connectivity index (χ1n) is 3.83. The lowest BCUT2D eigenvalue weighted by molar-refractivity contribution is -0.384. The van der Waals surface area contributed by atoms with Crippen molar-refractivity contribution in [2.45, 2.75) is 0 Å². The molecule has 0 amide bonds. The summed E-state index contributed by atoms with van der Waals surface area (Å²) in [5.41, 5.74) is 0.104. The maximum Gasteiger partial charge on any atom is 0.288 e. The van der Waals surface area contributed by atoms with Crippen molar-refractivity contribution in [3.8, 4) is 0 Å². The first kappa shape index (κ1) is 11.2. The van der Waals surface area contributed by atoms with Gasteiger partial charge in [0.05, 0.1) is 10.9 Å². The van der Waals surface area contributed by atoms with Gasteiger partial charge in [-0.15, -0.1) is 0 Å². The van der Waals surface area contributed by atoms with Crippen molar-refractivity contribution in [1.29, 1.82) is 0 Å². The molecule has 0 spiro atoms. The highest BCUT2D eigenvalue weighted by atomic mass is 35.5. The van der Waals surface area contributed by atoms with Crippen molar-refractivity contribution in [3.63, 3.8) is 0 Å². The number of nitro groups is 1. The van der Waals surface area contributed by atoms with Gasteiger partial charge in [-0.05, 0) is 17.7 Å². The molecule has 0 aliphatic rings. The standard InChI is InChI=1S/C9H6ClNO4/c10-7-3-1-6(2-4-9(12)13)5-8(7)11(14)15/h1-5H,(H,12,13)/p-1/b4-2-. The third-order valence-corrected chi connectivity index (χ3v) is 1.90.